The van der Waals surface area contributed by atoms with E-state index in [1.165, 1.54) is 96.3 Å². The van der Waals surface area contributed by atoms with Crippen LogP contribution in [-0.4, -0.2) is 30.0 Å². The van der Waals surface area contributed by atoms with Crippen LogP contribution in [-0.2, 0) is 6.42 Å². The number of likely N-dealkylation sites (tertiary alicyclic amines) is 1. The third-order valence-electron chi connectivity index (χ3n) is 9.60. The van der Waals surface area contributed by atoms with Crippen molar-refractivity contribution in [2.45, 2.75) is 71.1 Å². The highest BCUT2D eigenvalue weighted by Gasteiger charge is 2.49. The van der Waals surface area contributed by atoms with Gasteiger partial charge in [-0.2, -0.15) is 0 Å². The summed E-state index contributed by atoms with van der Waals surface area (Å²) >= 11 is 0. The maximum absolute atomic E-state index is 4.68. The van der Waals surface area contributed by atoms with Gasteiger partial charge in [0.25, 0.3) is 0 Å². The molecule has 2 aromatic carbocycles. The van der Waals surface area contributed by atoms with E-state index in [1.807, 2.05) is 6.20 Å². The van der Waals surface area contributed by atoms with Gasteiger partial charge in [-0.1, -0.05) is 98.9 Å². The van der Waals surface area contributed by atoms with Crippen LogP contribution in [0.15, 0.2) is 79.0 Å². The lowest BCUT2D eigenvalue weighted by Gasteiger charge is -2.56. The molecular weight excluding hydrogens is 472 g/mol. The topological polar surface area (TPSA) is 16.1 Å². The number of aromatic nitrogens is 1. The Morgan fingerprint density at radius 2 is 1.59 bits per heavy atom. The Balaban J connectivity index is 1.16. The molecule has 2 heterocycles. The van der Waals surface area contributed by atoms with E-state index in [2.05, 4.69) is 98.0 Å². The number of benzene rings is 2. The zero-order chi connectivity index (χ0) is 27.0. The Morgan fingerprint density at radius 1 is 0.949 bits per heavy atom. The molecule has 2 nitrogen and oxygen atoms in total. The van der Waals surface area contributed by atoms with Crippen molar-refractivity contribution < 1.29 is 0 Å². The number of rotatable bonds is 8. The summed E-state index contributed by atoms with van der Waals surface area (Å²) < 4.78 is 0. The van der Waals surface area contributed by atoms with Crippen LogP contribution in [0.3, 0.4) is 0 Å². The highest BCUT2D eigenvalue weighted by atomic mass is 15.2. The van der Waals surface area contributed by atoms with E-state index in [-0.39, 0.29) is 0 Å². The van der Waals surface area contributed by atoms with Gasteiger partial charge in [-0.25, -0.2) is 0 Å². The second-order valence-electron chi connectivity index (χ2n) is 13.1. The van der Waals surface area contributed by atoms with Crippen LogP contribution >= 0.6 is 0 Å². The second kappa shape index (κ2) is 10.9. The van der Waals surface area contributed by atoms with Crippen molar-refractivity contribution in [2.24, 2.45) is 11.3 Å². The van der Waals surface area contributed by atoms with E-state index < -0.39 is 0 Å². The van der Waals surface area contributed by atoms with Gasteiger partial charge < -0.3 is 4.90 Å². The standard InChI is InChI=1S/C37H44N2/c1-26-9-11-31(12-10-26)36(34-22-37(23-34)24-39(4)25-37)32-15-13-30(14-16-32)27(2)19-28(3)33-17-18-38-35(21-33)20-29-7-5-6-8-29/h9-18,21,27,29H,3,5-8,19-20,22-25H2,1-2,4H3. The first-order valence-electron chi connectivity index (χ1n) is 15.1. The minimum Gasteiger partial charge on any atom is -0.305 e. The van der Waals surface area contributed by atoms with E-state index >= 15 is 0 Å². The molecule has 1 saturated heterocycles. The van der Waals surface area contributed by atoms with E-state index in [1.54, 1.807) is 5.57 Å². The Kier molecular flexibility index (Phi) is 7.33. The lowest BCUT2D eigenvalue weighted by atomic mass is 9.59. The average molecular weight is 517 g/mol. The monoisotopic (exact) mass is 516 g/mol. The fraction of sp³-hybridized carbons (Fsp3) is 0.432. The molecule has 2 heteroatoms. The Bertz CT molecular complexity index is 1340. The molecule has 6 rings (SSSR count). The maximum atomic E-state index is 4.68. The van der Waals surface area contributed by atoms with Crippen LogP contribution in [0.1, 0.15) is 91.3 Å². The third-order valence-corrected chi connectivity index (χ3v) is 9.60. The molecule has 0 N–H and O–H groups in total. The SMILES string of the molecule is C=C(CC(C)c1ccc(C(=C2CC3(C2)CN(C)C3)c2ccc(C)cc2)cc1)c1ccnc(CC2CCCC2)c1. The molecule has 2 saturated carbocycles. The van der Waals surface area contributed by atoms with Crippen molar-refractivity contribution in [3.63, 3.8) is 0 Å². The quantitative estimate of drug-likeness (QED) is 0.297. The molecule has 1 unspecified atom stereocenters. The van der Waals surface area contributed by atoms with Gasteiger partial charge in [-0.3, -0.25) is 4.98 Å². The summed E-state index contributed by atoms with van der Waals surface area (Å²) in [5.41, 5.74) is 12.8. The van der Waals surface area contributed by atoms with E-state index in [0.29, 0.717) is 11.3 Å². The molecule has 39 heavy (non-hydrogen) atoms. The lowest BCUT2D eigenvalue weighted by molar-refractivity contribution is -0.0106. The number of aryl methyl sites for hydroxylation is 1. The van der Waals surface area contributed by atoms with Gasteiger partial charge >= 0.3 is 0 Å². The molecule has 1 spiro atoms. The van der Waals surface area contributed by atoms with Gasteiger partial charge in [-0.05, 0) is 97.0 Å². The van der Waals surface area contributed by atoms with Crippen LogP contribution in [0.25, 0.3) is 11.1 Å². The zero-order valence-corrected chi connectivity index (χ0v) is 24.2. The van der Waals surface area contributed by atoms with E-state index in [4.69, 9.17) is 0 Å². The van der Waals surface area contributed by atoms with Gasteiger partial charge in [0.1, 0.15) is 0 Å². The summed E-state index contributed by atoms with van der Waals surface area (Å²) in [6.07, 6.45) is 12.0. The van der Waals surface area contributed by atoms with Crippen LogP contribution in [0, 0.1) is 18.3 Å². The Labute approximate surface area is 235 Å². The zero-order valence-electron chi connectivity index (χ0n) is 24.2. The van der Waals surface area contributed by atoms with Gasteiger partial charge in [0.15, 0.2) is 0 Å². The molecule has 0 radical (unpaired) electrons. The summed E-state index contributed by atoms with van der Waals surface area (Å²) in [5.74, 6) is 1.24. The summed E-state index contributed by atoms with van der Waals surface area (Å²) in [6, 6.07) is 23.0. The lowest BCUT2D eigenvalue weighted by Crippen LogP contribution is -2.58. The normalized spacial score (nSPS) is 19.5. The summed E-state index contributed by atoms with van der Waals surface area (Å²) in [4.78, 5) is 7.13. The minimum absolute atomic E-state index is 0.422. The number of hydrogen-bond donors (Lipinski definition) is 0. The molecule has 2 aliphatic carbocycles. The van der Waals surface area contributed by atoms with Crippen LogP contribution in [0.2, 0.25) is 0 Å². The smallest absolute Gasteiger partial charge is 0.0412 e. The van der Waals surface area contributed by atoms with Crippen molar-refractivity contribution in [1.29, 1.82) is 0 Å². The predicted octanol–water partition coefficient (Wildman–Crippen LogP) is 8.86. The number of allylic oxidation sites excluding steroid dienone is 2. The van der Waals surface area contributed by atoms with E-state index in [9.17, 15) is 0 Å². The first-order valence-corrected chi connectivity index (χ1v) is 15.1. The molecule has 1 aliphatic heterocycles. The summed E-state index contributed by atoms with van der Waals surface area (Å²) in [5, 5.41) is 0. The van der Waals surface area contributed by atoms with Gasteiger partial charge in [0.05, 0.1) is 0 Å². The third kappa shape index (κ3) is 5.68. The van der Waals surface area contributed by atoms with Gasteiger partial charge in [0, 0.05) is 30.4 Å². The molecule has 1 aromatic heterocycles. The average Bonchev–Trinajstić information content (AvgIpc) is 3.41. The van der Waals surface area contributed by atoms with Gasteiger partial charge in [-0.15, -0.1) is 0 Å². The maximum Gasteiger partial charge on any atom is 0.0412 e. The summed E-state index contributed by atoms with van der Waals surface area (Å²) in [6.45, 7) is 11.5. The van der Waals surface area contributed by atoms with Crippen LogP contribution in [0.4, 0.5) is 0 Å². The van der Waals surface area contributed by atoms with Crippen molar-refractivity contribution in [3.8, 4) is 0 Å². The first kappa shape index (κ1) is 26.3. The number of nitrogens with zero attached hydrogens (tertiary/aromatic N) is 2. The molecular formula is C37H44N2. The van der Waals surface area contributed by atoms with Gasteiger partial charge in [0.2, 0.25) is 0 Å². The van der Waals surface area contributed by atoms with Crippen molar-refractivity contribution in [1.82, 2.24) is 9.88 Å². The fourth-order valence-corrected chi connectivity index (χ4v) is 7.55. The van der Waals surface area contributed by atoms with Crippen LogP contribution < -0.4 is 0 Å². The molecule has 0 amide bonds. The Morgan fingerprint density at radius 3 is 2.23 bits per heavy atom. The van der Waals surface area contributed by atoms with Crippen LogP contribution in [0.5, 0.6) is 0 Å². The Hall–Kier alpha value is -2.97. The molecule has 202 valence electrons. The molecule has 1 atom stereocenters. The van der Waals surface area contributed by atoms with E-state index in [0.717, 1.165) is 18.8 Å². The van der Waals surface area contributed by atoms with Crippen molar-refractivity contribution >= 4 is 11.1 Å². The molecule has 3 fully saturated rings. The highest BCUT2D eigenvalue weighted by Crippen LogP contribution is 2.54. The molecule has 3 aliphatic rings. The first-order chi connectivity index (χ1) is 18.9. The minimum atomic E-state index is 0.422. The highest BCUT2D eigenvalue weighted by molar-refractivity contribution is 5.83. The number of pyridine rings is 1. The number of hydrogen-bond acceptors (Lipinski definition) is 2. The van der Waals surface area contributed by atoms with Crippen molar-refractivity contribution in [2.75, 3.05) is 20.1 Å². The van der Waals surface area contributed by atoms with Crippen molar-refractivity contribution in [3.05, 3.63) is 113 Å². The fourth-order valence-electron chi connectivity index (χ4n) is 7.55. The predicted molar refractivity (Wildman–Crippen MR) is 165 cm³/mol. The molecule has 0 bridgehead atoms. The summed E-state index contributed by atoms with van der Waals surface area (Å²) in [7, 11) is 2.24. The second-order valence-corrected chi connectivity index (χ2v) is 13.1. The molecule has 3 aromatic rings. The largest absolute Gasteiger partial charge is 0.305 e.